The fraction of sp³-hybridized carbons (Fsp3) is 0.564. The van der Waals surface area contributed by atoms with E-state index in [-0.39, 0.29) is 38.7 Å². The quantitative estimate of drug-likeness (QED) is 0.148. The van der Waals surface area contributed by atoms with Crippen molar-refractivity contribution in [3.8, 4) is 0 Å². The molecule has 8 saturated carbocycles. The average molecular weight is 907 g/mol. The molecule has 60 heavy (non-hydrogen) atoms. The summed E-state index contributed by atoms with van der Waals surface area (Å²) in [5.41, 5.74) is 8.24. The van der Waals surface area contributed by atoms with Gasteiger partial charge >= 0.3 is 0 Å². The summed E-state index contributed by atoms with van der Waals surface area (Å²) in [6.07, 6.45) is 17.1. The molecule has 7 unspecified atom stereocenters. The molecule has 4 aromatic carbocycles. The predicted molar refractivity (Wildman–Crippen MR) is 255 cm³/mol. The molecule has 8 aliphatic rings. The molecule has 0 aliphatic heterocycles. The summed E-state index contributed by atoms with van der Waals surface area (Å²) >= 11 is 16.8. The average Bonchev–Trinajstić information content (AvgIpc) is 3.19. The van der Waals surface area contributed by atoms with E-state index in [1.54, 1.807) is 0 Å². The standard InChI is InChI=1S/C55H67BrCl2N2/c1-36(52-24-38-22-39(25-52)27-53(26-38,34-52)44-12-18-47(57)19-13-44)60-49(42-8-16-46(56)17-9-42)32-51(5,59-33-37-6-10-43(11-7-37)50(2,3)4)55-30-40-23-41(31-55)29-54(28-40,35-55)45-14-20-48(58)21-15-45/h6-21,36,38-41,49,59-60H,22-35H2,1-5H3. The van der Waals surface area contributed by atoms with Crippen LogP contribution in [0.4, 0.5) is 0 Å². The molecule has 5 heteroatoms. The van der Waals surface area contributed by atoms with Gasteiger partial charge in [-0.2, -0.15) is 0 Å². The van der Waals surface area contributed by atoms with E-state index in [2.05, 4.69) is 158 Å². The van der Waals surface area contributed by atoms with Gasteiger partial charge in [-0.3, -0.25) is 0 Å². The Hall–Kier alpha value is -2.14. The SMILES string of the molecule is CC(NC(CC(C)(NCc1ccc(C(C)(C)C)cc1)C12CC3CC(CC(c4ccc(Cl)cc4)(C3)C1)C2)c1ccc(Br)cc1)C12CC3CC(CC(c4ccc(Cl)cc4)(C3)C1)C2. The lowest BCUT2D eigenvalue weighted by atomic mass is 9.39. The van der Waals surface area contributed by atoms with Crippen LogP contribution in [0.1, 0.15) is 152 Å². The van der Waals surface area contributed by atoms with Crippen LogP contribution in [0.2, 0.25) is 10.0 Å². The Morgan fingerprint density at radius 1 is 0.633 bits per heavy atom. The maximum absolute atomic E-state index is 6.54. The Morgan fingerprint density at radius 2 is 1.13 bits per heavy atom. The molecule has 8 aliphatic carbocycles. The van der Waals surface area contributed by atoms with E-state index in [0.717, 1.165) is 51.2 Å². The highest BCUT2D eigenvalue weighted by Gasteiger charge is 2.64. The van der Waals surface area contributed by atoms with Gasteiger partial charge < -0.3 is 10.6 Å². The van der Waals surface area contributed by atoms with Gasteiger partial charge in [-0.15, -0.1) is 0 Å². The van der Waals surface area contributed by atoms with Gasteiger partial charge in [0, 0.05) is 38.7 Å². The van der Waals surface area contributed by atoms with Gasteiger partial charge in [0.1, 0.15) is 0 Å². The molecular formula is C55H67BrCl2N2. The van der Waals surface area contributed by atoms with Crippen molar-refractivity contribution in [1.29, 1.82) is 0 Å². The van der Waals surface area contributed by atoms with Crippen molar-refractivity contribution in [3.63, 3.8) is 0 Å². The van der Waals surface area contributed by atoms with Crippen molar-refractivity contribution >= 4 is 39.1 Å². The van der Waals surface area contributed by atoms with Crippen LogP contribution < -0.4 is 10.6 Å². The van der Waals surface area contributed by atoms with Crippen molar-refractivity contribution in [2.45, 2.75) is 159 Å². The monoisotopic (exact) mass is 904 g/mol. The third kappa shape index (κ3) is 7.49. The first kappa shape index (κ1) is 41.8. The summed E-state index contributed by atoms with van der Waals surface area (Å²) in [4.78, 5) is 0. The molecule has 12 rings (SSSR count). The summed E-state index contributed by atoms with van der Waals surface area (Å²) < 4.78 is 1.15. The lowest BCUT2D eigenvalue weighted by Gasteiger charge is -2.68. The smallest absolute Gasteiger partial charge is 0.0406 e. The van der Waals surface area contributed by atoms with Crippen LogP contribution in [0, 0.1) is 34.5 Å². The van der Waals surface area contributed by atoms with E-state index in [4.69, 9.17) is 23.2 Å². The fourth-order valence-corrected chi connectivity index (χ4v) is 16.3. The van der Waals surface area contributed by atoms with Crippen LogP contribution in [-0.4, -0.2) is 11.6 Å². The Kier molecular flexibility index (Phi) is 10.6. The van der Waals surface area contributed by atoms with Gasteiger partial charge in [-0.05, 0) is 212 Å². The zero-order valence-corrected chi connectivity index (χ0v) is 39.8. The first-order valence-electron chi connectivity index (χ1n) is 23.4. The molecule has 2 nitrogen and oxygen atoms in total. The van der Waals surface area contributed by atoms with Gasteiger partial charge in [0.05, 0.1) is 0 Å². The first-order chi connectivity index (χ1) is 28.6. The molecule has 0 saturated heterocycles. The third-order valence-electron chi connectivity index (χ3n) is 18.0. The normalized spacial score (nSPS) is 34.7. The summed E-state index contributed by atoms with van der Waals surface area (Å²) in [6.45, 7) is 13.1. The van der Waals surface area contributed by atoms with E-state index >= 15 is 0 Å². The molecule has 2 N–H and O–H groups in total. The van der Waals surface area contributed by atoms with Gasteiger partial charge in [-0.1, -0.05) is 121 Å². The number of nitrogens with one attached hydrogen (secondary N) is 2. The number of hydrogen-bond donors (Lipinski definition) is 2. The van der Waals surface area contributed by atoms with E-state index < -0.39 is 0 Å². The zero-order chi connectivity index (χ0) is 41.7. The maximum atomic E-state index is 6.54. The minimum atomic E-state index is -0.110. The second-order valence-corrected chi connectivity index (χ2v) is 24.8. The van der Waals surface area contributed by atoms with E-state index in [0.29, 0.717) is 6.04 Å². The van der Waals surface area contributed by atoms with Crippen molar-refractivity contribution in [3.05, 3.63) is 139 Å². The van der Waals surface area contributed by atoms with E-state index in [9.17, 15) is 0 Å². The van der Waals surface area contributed by atoms with Gasteiger partial charge in [0.2, 0.25) is 0 Å². The summed E-state index contributed by atoms with van der Waals surface area (Å²) in [6, 6.07) is 37.5. The lowest BCUT2D eigenvalue weighted by molar-refractivity contribution is -0.124. The second kappa shape index (κ2) is 15.3. The molecule has 318 valence electrons. The molecule has 0 spiro atoms. The Labute approximate surface area is 379 Å². The van der Waals surface area contributed by atoms with Crippen LogP contribution in [-0.2, 0) is 22.8 Å². The van der Waals surface area contributed by atoms with Crippen LogP contribution in [0.5, 0.6) is 0 Å². The molecule has 7 atom stereocenters. The third-order valence-corrected chi connectivity index (χ3v) is 19.0. The summed E-state index contributed by atoms with van der Waals surface area (Å²) in [5, 5.41) is 10.7. The molecule has 4 aromatic rings. The number of benzene rings is 4. The van der Waals surface area contributed by atoms with E-state index in [1.165, 1.54) is 105 Å². The molecule has 0 radical (unpaired) electrons. The zero-order valence-electron chi connectivity index (χ0n) is 36.7. The van der Waals surface area contributed by atoms with Crippen LogP contribution in [0.25, 0.3) is 0 Å². The fourth-order valence-electron chi connectivity index (χ4n) is 15.8. The Morgan fingerprint density at radius 3 is 1.65 bits per heavy atom. The van der Waals surface area contributed by atoms with Gasteiger partial charge in [0.15, 0.2) is 0 Å². The van der Waals surface area contributed by atoms with Crippen LogP contribution in [0.3, 0.4) is 0 Å². The highest BCUT2D eigenvalue weighted by Crippen LogP contribution is 2.70. The largest absolute Gasteiger partial charge is 0.307 e. The molecule has 8 bridgehead atoms. The maximum Gasteiger partial charge on any atom is 0.0406 e. The van der Waals surface area contributed by atoms with Crippen molar-refractivity contribution in [2.24, 2.45) is 34.5 Å². The highest BCUT2D eigenvalue weighted by molar-refractivity contribution is 9.10. The van der Waals surface area contributed by atoms with E-state index in [1.807, 2.05) is 0 Å². The highest BCUT2D eigenvalue weighted by atomic mass is 79.9. The molecule has 8 fully saturated rings. The molecule has 0 amide bonds. The van der Waals surface area contributed by atoms with Gasteiger partial charge in [0.25, 0.3) is 0 Å². The predicted octanol–water partition coefficient (Wildman–Crippen LogP) is 15.1. The summed E-state index contributed by atoms with van der Waals surface area (Å²) in [7, 11) is 0. The number of halogens is 3. The minimum absolute atomic E-state index is 0.110. The topological polar surface area (TPSA) is 24.1 Å². The number of hydrogen-bond acceptors (Lipinski definition) is 2. The Balaban J connectivity index is 1.02. The lowest BCUT2D eigenvalue weighted by Crippen LogP contribution is -2.67. The van der Waals surface area contributed by atoms with Crippen molar-refractivity contribution in [2.75, 3.05) is 0 Å². The van der Waals surface area contributed by atoms with Crippen LogP contribution >= 0.6 is 39.1 Å². The van der Waals surface area contributed by atoms with Crippen LogP contribution in [0.15, 0.2) is 102 Å². The van der Waals surface area contributed by atoms with Crippen molar-refractivity contribution in [1.82, 2.24) is 10.6 Å². The molecular weight excluding hydrogens is 839 g/mol. The van der Waals surface area contributed by atoms with Crippen molar-refractivity contribution < 1.29 is 0 Å². The number of rotatable bonds is 12. The first-order valence-corrected chi connectivity index (χ1v) is 25.0. The minimum Gasteiger partial charge on any atom is -0.307 e. The summed E-state index contributed by atoms with van der Waals surface area (Å²) in [5.74, 6) is 3.15. The second-order valence-electron chi connectivity index (χ2n) is 23.0. The molecule has 0 aromatic heterocycles. The molecule has 0 heterocycles. The Bertz CT molecular complexity index is 2140. The van der Waals surface area contributed by atoms with Gasteiger partial charge in [-0.25, -0.2) is 0 Å².